The van der Waals surface area contributed by atoms with E-state index in [4.69, 9.17) is 23.7 Å². The van der Waals surface area contributed by atoms with Crippen molar-refractivity contribution in [3.63, 3.8) is 0 Å². The molecule has 0 aliphatic carbocycles. The van der Waals surface area contributed by atoms with Crippen molar-refractivity contribution >= 4 is 0 Å². The van der Waals surface area contributed by atoms with Crippen LogP contribution < -0.4 is 14.2 Å². The van der Waals surface area contributed by atoms with E-state index in [0.717, 1.165) is 0 Å². The molecule has 2 rings (SSSR count). The Bertz CT molecular complexity index is 449. The highest BCUT2D eigenvalue weighted by atomic mass is 16.7. The first-order chi connectivity index (χ1) is 10.2. The highest BCUT2D eigenvalue weighted by Crippen LogP contribution is 2.38. The van der Waals surface area contributed by atoms with Crippen LogP contribution in [0.4, 0.5) is 0 Å². The molecule has 0 fully saturated rings. The van der Waals surface area contributed by atoms with Gasteiger partial charge in [-0.3, -0.25) is 0 Å². The normalized spacial score (nSPS) is 14.2. The van der Waals surface area contributed by atoms with Crippen LogP contribution in [0.2, 0.25) is 0 Å². The zero-order chi connectivity index (χ0) is 15.1. The minimum atomic E-state index is -0.765. The molecule has 0 radical (unpaired) electrons. The minimum absolute atomic E-state index is 0.0552. The number of hydrogen-bond donors (Lipinski definition) is 2. The summed E-state index contributed by atoms with van der Waals surface area (Å²) in [5.74, 6) is 1.60. The Morgan fingerprint density at radius 3 is 2.67 bits per heavy atom. The van der Waals surface area contributed by atoms with E-state index in [1.807, 2.05) is 0 Å². The Labute approximate surface area is 123 Å². The lowest BCUT2D eigenvalue weighted by Gasteiger charge is -2.15. The van der Waals surface area contributed by atoms with Gasteiger partial charge in [0.1, 0.15) is 18.5 Å². The van der Waals surface area contributed by atoms with Crippen molar-refractivity contribution < 1.29 is 33.9 Å². The van der Waals surface area contributed by atoms with Crippen molar-refractivity contribution in [2.75, 3.05) is 40.3 Å². The Kier molecular flexibility index (Phi) is 6.06. The minimum Gasteiger partial charge on any atom is -0.490 e. The van der Waals surface area contributed by atoms with E-state index in [1.54, 1.807) is 19.2 Å². The van der Waals surface area contributed by atoms with Gasteiger partial charge in [0.05, 0.1) is 26.4 Å². The van der Waals surface area contributed by atoms with E-state index in [2.05, 4.69) is 0 Å². The van der Waals surface area contributed by atoms with Crippen LogP contribution in [0.25, 0.3) is 0 Å². The molecule has 1 unspecified atom stereocenters. The van der Waals surface area contributed by atoms with Gasteiger partial charge >= 0.3 is 0 Å². The predicted molar refractivity (Wildman–Crippen MR) is 72.7 cm³/mol. The Morgan fingerprint density at radius 2 is 1.95 bits per heavy atom. The SMILES string of the molecule is COCCOCC(O)COc1cc2c(cc1CO)OCO2. The van der Waals surface area contributed by atoms with Crippen LogP contribution in [0.15, 0.2) is 12.1 Å². The van der Waals surface area contributed by atoms with Crippen LogP contribution in [-0.2, 0) is 16.1 Å². The summed E-state index contributed by atoms with van der Waals surface area (Å²) in [7, 11) is 1.58. The van der Waals surface area contributed by atoms with Gasteiger partial charge in [-0.15, -0.1) is 0 Å². The molecule has 21 heavy (non-hydrogen) atoms. The third-order valence-corrected chi connectivity index (χ3v) is 2.90. The third-order valence-electron chi connectivity index (χ3n) is 2.90. The maximum Gasteiger partial charge on any atom is 0.231 e. The Morgan fingerprint density at radius 1 is 1.19 bits per heavy atom. The van der Waals surface area contributed by atoms with Crippen molar-refractivity contribution in [3.05, 3.63) is 17.7 Å². The Hall–Kier alpha value is -1.54. The maximum absolute atomic E-state index is 9.76. The second-order valence-corrected chi connectivity index (χ2v) is 4.50. The first-order valence-corrected chi connectivity index (χ1v) is 6.65. The Balaban J connectivity index is 1.85. The van der Waals surface area contributed by atoms with Gasteiger partial charge in [0, 0.05) is 18.7 Å². The number of rotatable bonds is 9. The van der Waals surface area contributed by atoms with Crippen LogP contribution in [0, 0.1) is 0 Å². The van der Waals surface area contributed by atoms with Crippen molar-refractivity contribution in [3.8, 4) is 17.2 Å². The largest absolute Gasteiger partial charge is 0.490 e. The highest BCUT2D eigenvalue weighted by molar-refractivity contribution is 5.51. The molecule has 7 heteroatoms. The first kappa shape index (κ1) is 15.8. The smallest absolute Gasteiger partial charge is 0.231 e. The van der Waals surface area contributed by atoms with Gasteiger partial charge in [0.2, 0.25) is 6.79 Å². The number of aliphatic hydroxyl groups excluding tert-OH is 2. The second kappa shape index (κ2) is 8.04. The summed E-state index contributed by atoms with van der Waals surface area (Å²) in [4.78, 5) is 0. The zero-order valence-electron chi connectivity index (χ0n) is 11.9. The lowest BCUT2D eigenvalue weighted by atomic mass is 10.2. The number of fused-ring (bicyclic) bond motifs is 1. The summed E-state index contributed by atoms with van der Waals surface area (Å²) in [5.41, 5.74) is 0.576. The maximum atomic E-state index is 9.76. The summed E-state index contributed by atoms with van der Waals surface area (Å²) in [5, 5.41) is 19.1. The average Bonchev–Trinajstić information content (AvgIpc) is 2.95. The predicted octanol–water partition coefficient (Wildman–Crippen LogP) is 0.310. The van der Waals surface area contributed by atoms with Gasteiger partial charge in [-0.2, -0.15) is 0 Å². The van der Waals surface area contributed by atoms with Crippen molar-refractivity contribution in [2.24, 2.45) is 0 Å². The lowest BCUT2D eigenvalue weighted by Crippen LogP contribution is -2.24. The summed E-state index contributed by atoms with van der Waals surface area (Å²) in [6.45, 7) is 1.07. The standard InChI is InChI=1S/C14H20O7/c1-17-2-3-18-7-11(16)8-19-12-5-14-13(20-9-21-14)4-10(12)6-15/h4-5,11,15-16H,2-3,6-9H2,1H3. The lowest BCUT2D eigenvalue weighted by molar-refractivity contribution is -0.00447. The molecule has 0 aromatic heterocycles. The van der Waals surface area contributed by atoms with Crippen molar-refractivity contribution in [1.29, 1.82) is 0 Å². The molecule has 1 aliphatic heterocycles. The third kappa shape index (κ3) is 4.47. The molecule has 0 saturated carbocycles. The molecule has 0 saturated heterocycles. The van der Waals surface area contributed by atoms with Crippen LogP contribution in [0.1, 0.15) is 5.56 Å². The molecule has 1 aromatic carbocycles. The molecule has 7 nitrogen and oxygen atoms in total. The van der Waals surface area contributed by atoms with Gasteiger partial charge in [-0.1, -0.05) is 0 Å². The fourth-order valence-electron chi connectivity index (χ4n) is 1.82. The van der Waals surface area contributed by atoms with E-state index in [-0.39, 0.29) is 26.6 Å². The van der Waals surface area contributed by atoms with Gasteiger partial charge in [0.15, 0.2) is 11.5 Å². The van der Waals surface area contributed by atoms with Gasteiger partial charge in [-0.05, 0) is 6.07 Å². The molecule has 2 N–H and O–H groups in total. The number of hydrogen-bond acceptors (Lipinski definition) is 7. The van der Waals surface area contributed by atoms with E-state index in [9.17, 15) is 10.2 Å². The number of methoxy groups -OCH3 is 1. The molecule has 1 atom stereocenters. The van der Waals surface area contributed by atoms with E-state index >= 15 is 0 Å². The average molecular weight is 300 g/mol. The summed E-state index contributed by atoms with van der Waals surface area (Å²) >= 11 is 0. The van der Waals surface area contributed by atoms with Gasteiger partial charge in [0.25, 0.3) is 0 Å². The first-order valence-electron chi connectivity index (χ1n) is 6.65. The summed E-state index contributed by atoms with van der Waals surface area (Å²) in [6, 6.07) is 3.31. The molecule has 1 aliphatic rings. The van der Waals surface area contributed by atoms with E-state index in [1.165, 1.54) is 0 Å². The van der Waals surface area contributed by atoms with Crippen LogP contribution >= 0.6 is 0 Å². The molecule has 0 amide bonds. The van der Waals surface area contributed by atoms with Crippen LogP contribution in [-0.4, -0.2) is 56.6 Å². The van der Waals surface area contributed by atoms with Crippen LogP contribution in [0.5, 0.6) is 17.2 Å². The summed E-state index contributed by atoms with van der Waals surface area (Å²) in [6.07, 6.45) is -0.765. The quantitative estimate of drug-likeness (QED) is 0.635. The molecule has 118 valence electrons. The van der Waals surface area contributed by atoms with Gasteiger partial charge in [-0.25, -0.2) is 0 Å². The molecular weight excluding hydrogens is 280 g/mol. The number of benzene rings is 1. The van der Waals surface area contributed by atoms with E-state index < -0.39 is 6.10 Å². The molecule has 0 spiro atoms. The molecule has 1 heterocycles. The topological polar surface area (TPSA) is 86.6 Å². The van der Waals surface area contributed by atoms with Gasteiger partial charge < -0.3 is 33.9 Å². The second-order valence-electron chi connectivity index (χ2n) is 4.50. The molecule has 1 aromatic rings. The number of ether oxygens (including phenoxy) is 5. The fourth-order valence-corrected chi connectivity index (χ4v) is 1.82. The van der Waals surface area contributed by atoms with Crippen molar-refractivity contribution in [2.45, 2.75) is 12.7 Å². The zero-order valence-corrected chi connectivity index (χ0v) is 11.9. The van der Waals surface area contributed by atoms with Crippen molar-refractivity contribution in [1.82, 2.24) is 0 Å². The fraction of sp³-hybridized carbons (Fsp3) is 0.571. The number of aliphatic hydroxyl groups is 2. The highest BCUT2D eigenvalue weighted by Gasteiger charge is 2.18. The molecule has 0 bridgehead atoms. The van der Waals surface area contributed by atoms with E-state index in [0.29, 0.717) is 36.0 Å². The summed E-state index contributed by atoms with van der Waals surface area (Å²) < 4.78 is 26.0. The molecular formula is C14H20O7. The monoisotopic (exact) mass is 300 g/mol. The van der Waals surface area contributed by atoms with Crippen LogP contribution in [0.3, 0.4) is 0 Å².